The number of aldehydes is 1. The summed E-state index contributed by atoms with van der Waals surface area (Å²) in [5.41, 5.74) is 0. The fourth-order valence-electron chi connectivity index (χ4n) is 1.29. The lowest BCUT2D eigenvalue weighted by atomic mass is 9.90. The highest BCUT2D eigenvalue weighted by Gasteiger charge is 2.43. The van der Waals surface area contributed by atoms with Gasteiger partial charge in [0.1, 0.15) is 18.5 Å². The van der Waals surface area contributed by atoms with Gasteiger partial charge in [-0.15, -0.1) is 0 Å². The average Bonchev–Trinajstić information content (AvgIpc) is 2.12. The van der Waals surface area contributed by atoms with E-state index in [1.807, 2.05) is 0 Å². The first kappa shape index (κ1) is 10.6. The SMILES string of the molecule is O=C[C@H]1[C@H](O)[C@@H](CO)OC(O)[C@H]1O. The van der Waals surface area contributed by atoms with Gasteiger partial charge in [0.15, 0.2) is 6.29 Å². The van der Waals surface area contributed by atoms with Gasteiger partial charge in [-0.3, -0.25) is 0 Å². The van der Waals surface area contributed by atoms with Gasteiger partial charge in [-0.25, -0.2) is 0 Å². The van der Waals surface area contributed by atoms with E-state index in [2.05, 4.69) is 4.74 Å². The lowest BCUT2D eigenvalue weighted by Crippen LogP contribution is -2.55. The summed E-state index contributed by atoms with van der Waals surface area (Å²) in [6, 6.07) is 0. The van der Waals surface area contributed by atoms with E-state index in [4.69, 9.17) is 10.2 Å². The molecule has 1 unspecified atom stereocenters. The van der Waals surface area contributed by atoms with Crippen LogP contribution in [0.3, 0.4) is 0 Å². The second-order valence-corrected chi connectivity index (χ2v) is 2.94. The maximum atomic E-state index is 10.4. The van der Waals surface area contributed by atoms with Crippen LogP contribution < -0.4 is 0 Å². The van der Waals surface area contributed by atoms with Crippen LogP contribution in [0.5, 0.6) is 0 Å². The summed E-state index contributed by atoms with van der Waals surface area (Å²) in [5, 5.41) is 36.2. The van der Waals surface area contributed by atoms with Crippen molar-refractivity contribution in [2.75, 3.05) is 6.61 Å². The zero-order valence-electron chi connectivity index (χ0n) is 6.78. The molecule has 76 valence electrons. The summed E-state index contributed by atoms with van der Waals surface area (Å²) in [5.74, 6) is -1.12. The lowest BCUT2D eigenvalue weighted by molar-refractivity contribution is -0.267. The molecule has 0 amide bonds. The largest absolute Gasteiger partial charge is 0.394 e. The molecule has 1 fully saturated rings. The Hall–Kier alpha value is -0.530. The molecule has 0 spiro atoms. The van der Waals surface area contributed by atoms with Crippen molar-refractivity contribution in [1.82, 2.24) is 0 Å². The second-order valence-electron chi connectivity index (χ2n) is 2.94. The van der Waals surface area contributed by atoms with Crippen LogP contribution in [-0.4, -0.2) is 57.9 Å². The van der Waals surface area contributed by atoms with Crippen molar-refractivity contribution in [3.05, 3.63) is 0 Å². The minimum Gasteiger partial charge on any atom is -0.394 e. The molecule has 0 radical (unpaired) electrons. The Morgan fingerprint density at radius 1 is 1.23 bits per heavy atom. The zero-order chi connectivity index (χ0) is 10.0. The number of hydrogen-bond acceptors (Lipinski definition) is 6. The van der Waals surface area contributed by atoms with Crippen LogP contribution in [-0.2, 0) is 9.53 Å². The molecule has 13 heavy (non-hydrogen) atoms. The summed E-state index contributed by atoms with van der Waals surface area (Å²) in [6.07, 6.45) is -4.98. The van der Waals surface area contributed by atoms with Crippen molar-refractivity contribution >= 4 is 6.29 Å². The number of carbonyl (C=O) groups is 1. The molecule has 4 N–H and O–H groups in total. The molecule has 1 heterocycles. The van der Waals surface area contributed by atoms with E-state index < -0.39 is 37.1 Å². The Morgan fingerprint density at radius 3 is 2.31 bits per heavy atom. The maximum absolute atomic E-state index is 10.4. The van der Waals surface area contributed by atoms with Gasteiger partial charge >= 0.3 is 0 Å². The maximum Gasteiger partial charge on any atom is 0.182 e. The van der Waals surface area contributed by atoms with Crippen molar-refractivity contribution in [2.45, 2.75) is 24.6 Å². The molecule has 1 aliphatic heterocycles. The van der Waals surface area contributed by atoms with Crippen LogP contribution in [0.2, 0.25) is 0 Å². The van der Waals surface area contributed by atoms with Gasteiger partial charge in [0.05, 0.1) is 18.6 Å². The Bertz CT molecular complexity index is 184. The summed E-state index contributed by atoms with van der Waals surface area (Å²) in [6.45, 7) is -0.519. The van der Waals surface area contributed by atoms with Crippen LogP contribution in [0.25, 0.3) is 0 Å². The number of hydrogen-bond donors (Lipinski definition) is 4. The quantitative estimate of drug-likeness (QED) is 0.353. The van der Waals surface area contributed by atoms with Crippen molar-refractivity contribution in [3.63, 3.8) is 0 Å². The normalized spacial score (nSPS) is 46.0. The Kier molecular flexibility index (Phi) is 3.34. The highest BCUT2D eigenvalue weighted by molar-refractivity contribution is 5.56. The van der Waals surface area contributed by atoms with Gasteiger partial charge < -0.3 is 30.0 Å². The molecule has 0 aromatic carbocycles. The first-order valence-electron chi connectivity index (χ1n) is 3.87. The monoisotopic (exact) mass is 192 g/mol. The van der Waals surface area contributed by atoms with Gasteiger partial charge in [-0.1, -0.05) is 0 Å². The minimum absolute atomic E-state index is 0.337. The Morgan fingerprint density at radius 2 is 1.85 bits per heavy atom. The number of aliphatic hydroxyl groups is 4. The molecule has 0 aromatic heterocycles. The van der Waals surface area contributed by atoms with E-state index in [9.17, 15) is 15.0 Å². The molecule has 5 atom stereocenters. The van der Waals surface area contributed by atoms with Crippen molar-refractivity contribution < 1.29 is 30.0 Å². The molecule has 1 saturated heterocycles. The topological polar surface area (TPSA) is 107 Å². The second kappa shape index (κ2) is 4.12. The van der Waals surface area contributed by atoms with E-state index in [0.717, 1.165) is 0 Å². The van der Waals surface area contributed by atoms with E-state index in [0.29, 0.717) is 6.29 Å². The molecule has 0 aliphatic carbocycles. The van der Waals surface area contributed by atoms with Crippen molar-refractivity contribution in [3.8, 4) is 0 Å². The third kappa shape index (κ3) is 1.87. The van der Waals surface area contributed by atoms with Gasteiger partial charge in [0.25, 0.3) is 0 Å². The van der Waals surface area contributed by atoms with E-state index in [-0.39, 0.29) is 0 Å². The van der Waals surface area contributed by atoms with Gasteiger partial charge in [0.2, 0.25) is 0 Å². The molecule has 1 aliphatic rings. The summed E-state index contributed by atoms with van der Waals surface area (Å²) < 4.78 is 4.64. The molecule has 1 rings (SSSR count). The molecule has 0 aromatic rings. The fraction of sp³-hybridized carbons (Fsp3) is 0.857. The van der Waals surface area contributed by atoms with Gasteiger partial charge in [-0.2, -0.15) is 0 Å². The summed E-state index contributed by atoms with van der Waals surface area (Å²) in [4.78, 5) is 10.4. The van der Waals surface area contributed by atoms with Crippen molar-refractivity contribution in [1.29, 1.82) is 0 Å². The van der Waals surface area contributed by atoms with Gasteiger partial charge in [0, 0.05) is 0 Å². The lowest BCUT2D eigenvalue weighted by Gasteiger charge is -2.37. The first-order chi connectivity index (χ1) is 6.11. The van der Waals surface area contributed by atoms with Gasteiger partial charge in [-0.05, 0) is 0 Å². The predicted octanol–water partition coefficient (Wildman–Crippen LogP) is -2.77. The van der Waals surface area contributed by atoms with Crippen LogP contribution in [0.15, 0.2) is 0 Å². The molecule has 6 heteroatoms. The number of ether oxygens (including phenoxy) is 1. The molecular formula is C7H12O6. The van der Waals surface area contributed by atoms with Crippen LogP contribution in [0.1, 0.15) is 0 Å². The standard InChI is InChI=1S/C7H12O6/c8-1-3-5(10)4(2-9)13-7(12)6(3)11/h1,3-7,9-12H,2H2/t3-,4+,5-,6-,7?/m0/s1. The number of rotatable bonds is 2. The average molecular weight is 192 g/mol. The summed E-state index contributed by atoms with van der Waals surface area (Å²) >= 11 is 0. The van der Waals surface area contributed by atoms with E-state index >= 15 is 0 Å². The number of aliphatic hydroxyl groups excluding tert-OH is 4. The Balaban J connectivity index is 2.74. The first-order valence-corrected chi connectivity index (χ1v) is 3.87. The summed E-state index contributed by atoms with van der Waals surface area (Å²) in [7, 11) is 0. The third-order valence-electron chi connectivity index (χ3n) is 2.11. The van der Waals surface area contributed by atoms with Crippen LogP contribution in [0.4, 0.5) is 0 Å². The van der Waals surface area contributed by atoms with Crippen LogP contribution >= 0.6 is 0 Å². The minimum atomic E-state index is -1.55. The zero-order valence-corrected chi connectivity index (χ0v) is 6.78. The molecule has 6 nitrogen and oxygen atoms in total. The Labute approximate surface area is 74.4 Å². The number of carbonyl (C=O) groups excluding carboxylic acids is 1. The van der Waals surface area contributed by atoms with Crippen molar-refractivity contribution in [2.24, 2.45) is 5.92 Å². The highest BCUT2D eigenvalue weighted by Crippen LogP contribution is 2.23. The molecular weight excluding hydrogens is 180 g/mol. The molecule has 0 saturated carbocycles. The fourth-order valence-corrected chi connectivity index (χ4v) is 1.29. The third-order valence-corrected chi connectivity index (χ3v) is 2.11. The predicted molar refractivity (Wildman–Crippen MR) is 39.5 cm³/mol. The molecule has 0 bridgehead atoms. The smallest absolute Gasteiger partial charge is 0.182 e. The van der Waals surface area contributed by atoms with E-state index in [1.54, 1.807) is 0 Å². The van der Waals surface area contributed by atoms with E-state index in [1.165, 1.54) is 0 Å². The highest BCUT2D eigenvalue weighted by atomic mass is 16.6. The van der Waals surface area contributed by atoms with Crippen LogP contribution in [0, 0.1) is 5.92 Å².